The number of carbonyl (C=O) groups excluding carboxylic acids is 2. The monoisotopic (exact) mass is 816 g/mol. The standard InChI is InChI=1S/C52H97NO5/c1-3-5-7-9-11-13-14-15-16-17-18-19-20-23-26-30-34-38-42-46-52(57)58-47-43-39-35-31-27-24-21-22-25-29-33-37-41-45-51(56)53-49(48-54)50(55)44-40-36-32-28-12-10-8-6-4-2/h15-16,22,25,40,44,49-50,54-55H,3-14,17-21,23-24,26-39,41-43,45-48H2,1-2H3,(H,53,56)/b16-15-,25-22-,44-40+. The normalized spacial score (nSPS) is 13.0. The van der Waals surface area contributed by atoms with Gasteiger partial charge in [0.15, 0.2) is 0 Å². The number of nitrogens with one attached hydrogen (secondary N) is 1. The van der Waals surface area contributed by atoms with Crippen LogP contribution in [0, 0.1) is 0 Å². The average Bonchev–Trinajstić information content (AvgIpc) is 3.22. The van der Waals surface area contributed by atoms with Gasteiger partial charge in [0.2, 0.25) is 5.91 Å². The number of unbranched alkanes of at least 4 members (excludes halogenated alkanes) is 31. The van der Waals surface area contributed by atoms with Crippen LogP contribution in [-0.4, -0.2) is 47.4 Å². The van der Waals surface area contributed by atoms with Crippen molar-refractivity contribution >= 4 is 11.9 Å². The van der Waals surface area contributed by atoms with Gasteiger partial charge < -0.3 is 20.3 Å². The molecule has 0 aliphatic rings. The van der Waals surface area contributed by atoms with Crippen LogP contribution < -0.4 is 5.32 Å². The van der Waals surface area contributed by atoms with Crippen molar-refractivity contribution < 1.29 is 24.5 Å². The maximum Gasteiger partial charge on any atom is 0.305 e. The molecule has 0 rings (SSSR count). The Balaban J connectivity index is 3.47. The second-order valence-corrected chi connectivity index (χ2v) is 17.1. The number of rotatable bonds is 46. The molecule has 0 radical (unpaired) electrons. The summed E-state index contributed by atoms with van der Waals surface area (Å²) in [6, 6.07) is -0.646. The Morgan fingerprint density at radius 3 is 1.24 bits per heavy atom. The second-order valence-electron chi connectivity index (χ2n) is 17.1. The van der Waals surface area contributed by atoms with Crippen molar-refractivity contribution in [2.45, 2.75) is 270 Å². The van der Waals surface area contributed by atoms with Gasteiger partial charge in [-0.15, -0.1) is 0 Å². The fourth-order valence-corrected chi connectivity index (χ4v) is 7.44. The summed E-state index contributed by atoms with van der Waals surface area (Å²) in [5, 5.41) is 22.8. The molecule has 0 saturated heterocycles. The zero-order valence-electron chi connectivity index (χ0n) is 38.5. The van der Waals surface area contributed by atoms with E-state index in [2.05, 4.69) is 43.5 Å². The molecule has 0 bridgehead atoms. The molecule has 6 nitrogen and oxygen atoms in total. The zero-order valence-corrected chi connectivity index (χ0v) is 38.5. The molecule has 0 aromatic carbocycles. The first-order valence-corrected chi connectivity index (χ1v) is 25.3. The number of aliphatic hydroxyl groups excluding tert-OH is 2. The summed E-state index contributed by atoms with van der Waals surface area (Å²) >= 11 is 0. The maximum absolute atomic E-state index is 12.3. The molecule has 340 valence electrons. The number of carbonyl (C=O) groups is 2. The Kier molecular flexibility index (Phi) is 46.2. The highest BCUT2D eigenvalue weighted by molar-refractivity contribution is 5.76. The fourth-order valence-electron chi connectivity index (χ4n) is 7.44. The Labute approximate surface area is 360 Å². The number of esters is 1. The van der Waals surface area contributed by atoms with Crippen LogP contribution in [0.25, 0.3) is 0 Å². The van der Waals surface area contributed by atoms with Gasteiger partial charge >= 0.3 is 5.97 Å². The van der Waals surface area contributed by atoms with Crippen molar-refractivity contribution in [3.05, 3.63) is 36.5 Å². The number of amides is 1. The number of ether oxygens (including phenoxy) is 1. The molecule has 0 aromatic heterocycles. The van der Waals surface area contributed by atoms with Gasteiger partial charge in [0.25, 0.3) is 0 Å². The molecule has 0 aromatic rings. The van der Waals surface area contributed by atoms with Crippen LogP contribution in [0.15, 0.2) is 36.5 Å². The molecule has 1 amide bonds. The first kappa shape index (κ1) is 56.1. The quantitative estimate of drug-likeness (QED) is 0.0323. The SMILES string of the molecule is CCCCCCCC/C=C\CCCCCCCCCCCC(=O)OCCCCCCCC/C=C\CCCCCC(=O)NC(CO)C(O)/C=C/CCCCCCCCC. The van der Waals surface area contributed by atoms with E-state index in [0.29, 0.717) is 19.4 Å². The minimum absolute atomic E-state index is 0.0156. The first-order valence-electron chi connectivity index (χ1n) is 25.3. The summed E-state index contributed by atoms with van der Waals surface area (Å²) < 4.78 is 5.46. The van der Waals surface area contributed by atoms with Gasteiger partial charge in [0.1, 0.15) is 0 Å². The van der Waals surface area contributed by atoms with Gasteiger partial charge in [0.05, 0.1) is 25.4 Å². The predicted molar refractivity (Wildman–Crippen MR) is 250 cm³/mol. The average molecular weight is 816 g/mol. The van der Waals surface area contributed by atoms with Crippen LogP contribution in [-0.2, 0) is 14.3 Å². The van der Waals surface area contributed by atoms with Gasteiger partial charge in [-0.1, -0.05) is 198 Å². The Hall–Kier alpha value is -1.92. The molecule has 0 aliphatic heterocycles. The third-order valence-electron chi connectivity index (χ3n) is 11.4. The van der Waals surface area contributed by atoms with Crippen LogP contribution in [0.2, 0.25) is 0 Å². The Bertz CT molecular complexity index is 946. The van der Waals surface area contributed by atoms with E-state index in [1.54, 1.807) is 6.08 Å². The number of hydrogen-bond acceptors (Lipinski definition) is 5. The van der Waals surface area contributed by atoms with Crippen LogP contribution >= 0.6 is 0 Å². The van der Waals surface area contributed by atoms with E-state index in [9.17, 15) is 19.8 Å². The van der Waals surface area contributed by atoms with Crippen LogP contribution in [0.3, 0.4) is 0 Å². The Morgan fingerprint density at radius 1 is 0.466 bits per heavy atom. The number of aliphatic hydroxyl groups is 2. The summed E-state index contributed by atoms with van der Waals surface area (Å²) in [7, 11) is 0. The molecular formula is C52H97NO5. The molecule has 58 heavy (non-hydrogen) atoms. The maximum atomic E-state index is 12.3. The number of allylic oxidation sites excluding steroid dienone is 5. The van der Waals surface area contributed by atoms with Gasteiger partial charge in [0, 0.05) is 12.8 Å². The lowest BCUT2D eigenvalue weighted by Crippen LogP contribution is -2.45. The molecule has 0 saturated carbocycles. The molecule has 6 heteroatoms. The Morgan fingerprint density at radius 2 is 0.810 bits per heavy atom. The molecule has 2 atom stereocenters. The van der Waals surface area contributed by atoms with Crippen molar-refractivity contribution in [1.29, 1.82) is 0 Å². The lowest BCUT2D eigenvalue weighted by molar-refractivity contribution is -0.143. The highest BCUT2D eigenvalue weighted by Gasteiger charge is 2.18. The highest BCUT2D eigenvalue weighted by atomic mass is 16.5. The van der Waals surface area contributed by atoms with Gasteiger partial charge in [-0.3, -0.25) is 9.59 Å². The van der Waals surface area contributed by atoms with Crippen molar-refractivity contribution in [2.75, 3.05) is 13.2 Å². The van der Waals surface area contributed by atoms with E-state index in [1.165, 1.54) is 161 Å². The van der Waals surface area contributed by atoms with E-state index in [0.717, 1.165) is 70.6 Å². The largest absolute Gasteiger partial charge is 0.466 e. The molecule has 0 spiro atoms. The number of hydrogen-bond donors (Lipinski definition) is 3. The summed E-state index contributed by atoms with van der Waals surface area (Å²) in [6.07, 6.45) is 57.2. The minimum Gasteiger partial charge on any atom is -0.466 e. The highest BCUT2D eigenvalue weighted by Crippen LogP contribution is 2.14. The van der Waals surface area contributed by atoms with Crippen molar-refractivity contribution in [3.8, 4) is 0 Å². The zero-order chi connectivity index (χ0) is 42.3. The van der Waals surface area contributed by atoms with E-state index in [1.807, 2.05) is 6.08 Å². The third-order valence-corrected chi connectivity index (χ3v) is 11.4. The lowest BCUT2D eigenvalue weighted by Gasteiger charge is -2.19. The summed E-state index contributed by atoms with van der Waals surface area (Å²) in [4.78, 5) is 24.4. The molecule has 2 unspecified atom stereocenters. The molecular weight excluding hydrogens is 719 g/mol. The van der Waals surface area contributed by atoms with Crippen molar-refractivity contribution in [2.24, 2.45) is 0 Å². The topological polar surface area (TPSA) is 95.9 Å². The van der Waals surface area contributed by atoms with Gasteiger partial charge in [-0.05, 0) is 83.5 Å². The van der Waals surface area contributed by atoms with Crippen LogP contribution in [0.4, 0.5) is 0 Å². The predicted octanol–water partition coefficient (Wildman–Crippen LogP) is 14.9. The third kappa shape index (κ3) is 43.7. The summed E-state index contributed by atoms with van der Waals surface area (Å²) in [5.74, 6) is -0.117. The molecule has 3 N–H and O–H groups in total. The fraction of sp³-hybridized carbons (Fsp3) is 0.846. The van der Waals surface area contributed by atoms with E-state index >= 15 is 0 Å². The smallest absolute Gasteiger partial charge is 0.305 e. The van der Waals surface area contributed by atoms with Crippen molar-refractivity contribution in [1.82, 2.24) is 5.32 Å². The van der Waals surface area contributed by atoms with E-state index < -0.39 is 12.1 Å². The molecule has 0 heterocycles. The molecule has 0 fully saturated rings. The summed E-state index contributed by atoms with van der Waals surface area (Å²) in [5.41, 5.74) is 0. The van der Waals surface area contributed by atoms with Gasteiger partial charge in [-0.25, -0.2) is 0 Å². The first-order chi connectivity index (χ1) is 28.5. The van der Waals surface area contributed by atoms with Gasteiger partial charge in [-0.2, -0.15) is 0 Å². The van der Waals surface area contributed by atoms with E-state index in [-0.39, 0.29) is 18.5 Å². The van der Waals surface area contributed by atoms with Crippen LogP contribution in [0.1, 0.15) is 258 Å². The van der Waals surface area contributed by atoms with Crippen molar-refractivity contribution in [3.63, 3.8) is 0 Å². The van der Waals surface area contributed by atoms with E-state index in [4.69, 9.17) is 4.74 Å². The minimum atomic E-state index is -0.859. The van der Waals surface area contributed by atoms with Crippen LogP contribution in [0.5, 0.6) is 0 Å². The lowest BCUT2D eigenvalue weighted by atomic mass is 10.1. The summed E-state index contributed by atoms with van der Waals surface area (Å²) in [6.45, 7) is 4.82. The second kappa shape index (κ2) is 47.8. The molecule has 0 aliphatic carbocycles.